The molecule has 1 nitrogen and oxygen atoms in total. The minimum absolute atomic E-state index is 0.0417. The van der Waals surface area contributed by atoms with Gasteiger partial charge in [-0.25, -0.2) is 0 Å². The van der Waals surface area contributed by atoms with Crippen LogP contribution in [0.15, 0.2) is 0 Å². The molecule has 2 heteroatoms. The molecule has 0 spiro atoms. The van der Waals surface area contributed by atoms with E-state index in [0.717, 1.165) is 6.42 Å². The van der Waals surface area contributed by atoms with Crippen molar-refractivity contribution in [2.75, 3.05) is 6.61 Å². The first-order valence-corrected chi connectivity index (χ1v) is 3.00. The van der Waals surface area contributed by atoms with Gasteiger partial charge >= 0.3 is 0 Å². The monoisotopic (exact) mass is 130 g/mol. The molecular formula is C6H7ClO. The third kappa shape index (κ3) is 0.964. The van der Waals surface area contributed by atoms with Gasteiger partial charge in [-0.2, -0.15) is 0 Å². The minimum Gasteiger partial charge on any atom is -0.364 e. The molecule has 0 aromatic carbocycles. The fraction of sp³-hybridized carbons (Fsp3) is 0.667. The van der Waals surface area contributed by atoms with Crippen molar-refractivity contribution in [2.24, 2.45) is 0 Å². The van der Waals surface area contributed by atoms with Crippen LogP contribution in [-0.2, 0) is 4.74 Å². The van der Waals surface area contributed by atoms with Crippen molar-refractivity contribution in [1.82, 2.24) is 0 Å². The molecule has 0 unspecified atom stereocenters. The Bertz CT molecular complexity index is 116. The van der Waals surface area contributed by atoms with Crippen molar-refractivity contribution in [2.45, 2.75) is 17.9 Å². The van der Waals surface area contributed by atoms with E-state index in [4.69, 9.17) is 22.8 Å². The summed E-state index contributed by atoms with van der Waals surface area (Å²) in [5.41, 5.74) is 0. The highest BCUT2D eigenvalue weighted by molar-refractivity contribution is 6.21. The quantitative estimate of drug-likeness (QED) is 0.351. The van der Waals surface area contributed by atoms with Crippen molar-refractivity contribution >= 4 is 11.6 Å². The Hall–Kier alpha value is -0.190. The summed E-state index contributed by atoms with van der Waals surface area (Å²) in [6, 6.07) is 0. The predicted octanol–water partition coefficient (Wildman–Crippen LogP) is 1.02. The molecule has 0 aromatic heterocycles. The van der Waals surface area contributed by atoms with Gasteiger partial charge in [0, 0.05) is 6.61 Å². The zero-order valence-electron chi connectivity index (χ0n) is 4.43. The summed E-state index contributed by atoms with van der Waals surface area (Å²) in [6.45, 7) is 0.711. The molecule has 0 N–H and O–H groups in total. The number of rotatable bonds is 0. The van der Waals surface area contributed by atoms with E-state index in [1.807, 2.05) is 0 Å². The number of halogens is 1. The second kappa shape index (κ2) is 2.39. The average molecular weight is 131 g/mol. The van der Waals surface area contributed by atoms with E-state index in [9.17, 15) is 0 Å². The summed E-state index contributed by atoms with van der Waals surface area (Å²) in [6.07, 6.45) is 5.81. The van der Waals surface area contributed by atoms with Gasteiger partial charge in [0.15, 0.2) is 0 Å². The number of alkyl halides is 1. The van der Waals surface area contributed by atoms with E-state index < -0.39 is 0 Å². The van der Waals surface area contributed by atoms with Crippen LogP contribution < -0.4 is 0 Å². The van der Waals surface area contributed by atoms with Crippen LogP contribution in [0.25, 0.3) is 0 Å². The van der Waals surface area contributed by atoms with Gasteiger partial charge in [0.05, 0.1) is 5.38 Å². The van der Waals surface area contributed by atoms with Gasteiger partial charge in [0.2, 0.25) is 0 Å². The SMILES string of the molecule is C#C[C@@H]1OCC[C@H]1Cl. The van der Waals surface area contributed by atoms with E-state index in [2.05, 4.69) is 5.92 Å². The van der Waals surface area contributed by atoms with Crippen LogP contribution in [0.3, 0.4) is 0 Å². The molecule has 1 heterocycles. The smallest absolute Gasteiger partial charge is 0.134 e. The molecule has 0 radical (unpaired) electrons. The molecule has 0 aliphatic carbocycles. The maximum Gasteiger partial charge on any atom is 0.134 e. The van der Waals surface area contributed by atoms with E-state index in [1.165, 1.54) is 0 Å². The van der Waals surface area contributed by atoms with Crippen LogP contribution in [0.1, 0.15) is 6.42 Å². The lowest BCUT2D eigenvalue weighted by molar-refractivity contribution is 0.153. The molecular weight excluding hydrogens is 124 g/mol. The van der Waals surface area contributed by atoms with Crippen LogP contribution in [0.5, 0.6) is 0 Å². The first-order chi connectivity index (χ1) is 3.84. The number of ether oxygens (including phenoxy) is 1. The van der Waals surface area contributed by atoms with Crippen molar-refractivity contribution < 1.29 is 4.74 Å². The molecule has 1 aliphatic rings. The van der Waals surface area contributed by atoms with Gasteiger partial charge in [-0.15, -0.1) is 18.0 Å². The maximum absolute atomic E-state index is 5.71. The van der Waals surface area contributed by atoms with Crippen LogP contribution in [0.4, 0.5) is 0 Å². The minimum atomic E-state index is -0.142. The van der Waals surface area contributed by atoms with Crippen LogP contribution in [-0.4, -0.2) is 18.1 Å². The molecule has 8 heavy (non-hydrogen) atoms. The molecule has 1 fully saturated rings. The number of hydrogen-bond acceptors (Lipinski definition) is 1. The Labute approximate surface area is 54.0 Å². The van der Waals surface area contributed by atoms with Gasteiger partial charge < -0.3 is 4.74 Å². The average Bonchev–Trinajstić information content (AvgIpc) is 2.14. The van der Waals surface area contributed by atoms with Crippen LogP contribution in [0.2, 0.25) is 0 Å². The van der Waals surface area contributed by atoms with Crippen LogP contribution in [0, 0.1) is 12.3 Å². The Kier molecular flexibility index (Phi) is 1.77. The topological polar surface area (TPSA) is 9.23 Å². The molecule has 1 aliphatic heterocycles. The molecule has 0 amide bonds. The third-order valence-electron chi connectivity index (χ3n) is 1.18. The van der Waals surface area contributed by atoms with Gasteiger partial charge in [0.1, 0.15) is 6.10 Å². The molecule has 0 saturated carbocycles. The normalized spacial score (nSPS) is 37.0. The molecule has 0 bridgehead atoms. The standard InChI is InChI=1S/C6H7ClO/c1-2-6-5(7)3-4-8-6/h1,5-6H,3-4H2/t5-,6+/m1/s1. The second-order valence-corrected chi connectivity index (χ2v) is 2.32. The summed E-state index contributed by atoms with van der Waals surface area (Å²) >= 11 is 5.71. The zero-order chi connectivity index (χ0) is 5.98. The van der Waals surface area contributed by atoms with E-state index in [1.54, 1.807) is 0 Å². The highest BCUT2D eigenvalue weighted by atomic mass is 35.5. The predicted molar refractivity (Wildman–Crippen MR) is 32.8 cm³/mol. The fourth-order valence-electron chi connectivity index (χ4n) is 0.716. The number of hydrogen-bond donors (Lipinski definition) is 0. The first kappa shape index (κ1) is 5.94. The van der Waals surface area contributed by atoms with Gasteiger partial charge in [-0.1, -0.05) is 5.92 Å². The van der Waals surface area contributed by atoms with Gasteiger partial charge in [0.25, 0.3) is 0 Å². The lowest BCUT2D eigenvalue weighted by Crippen LogP contribution is -2.11. The summed E-state index contributed by atoms with van der Waals surface area (Å²) in [4.78, 5) is 0. The van der Waals surface area contributed by atoms with Crippen molar-refractivity contribution in [1.29, 1.82) is 0 Å². The van der Waals surface area contributed by atoms with Crippen molar-refractivity contribution in [3.8, 4) is 12.3 Å². The van der Waals surface area contributed by atoms with E-state index in [-0.39, 0.29) is 11.5 Å². The van der Waals surface area contributed by atoms with E-state index >= 15 is 0 Å². The first-order valence-electron chi connectivity index (χ1n) is 2.56. The Balaban J connectivity index is 2.45. The maximum atomic E-state index is 5.71. The summed E-state index contributed by atoms with van der Waals surface area (Å²) in [5.74, 6) is 2.46. The van der Waals surface area contributed by atoms with Crippen molar-refractivity contribution in [3.63, 3.8) is 0 Å². The van der Waals surface area contributed by atoms with E-state index in [0.29, 0.717) is 6.61 Å². The third-order valence-corrected chi connectivity index (χ3v) is 1.63. The van der Waals surface area contributed by atoms with Gasteiger partial charge in [-0.05, 0) is 6.42 Å². The number of terminal acetylenes is 1. The Morgan fingerprint density at radius 3 is 2.75 bits per heavy atom. The molecule has 1 saturated heterocycles. The largest absolute Gasteiger partial charge is 0.364 e. The zero-order valence-corrected chi connectivity index (χ0v) is 5.19. The van der Waals surface area contributed by atoms with Crippen LogP contribution >= 0.6 is 11.6 Å². The lowest BCUT2D eigenvalue weighted by atomic mass is 10.2. The van der Waals surface area contributed by atoms with Gasteiger partial charge in [-0.3, -0.25) is 0 Å². The molecule has 0 aromatic rings. The summed E-state index contributed by atoms with van der Waals surface area (Å²) < 4.78 is 5.05. The Morgan fingerprint density at radius 2 is 2.50 bits per heavy atom. The van der Waals surface area contributed by atoms with Crippen molar-refractivity contribution in [3.05, 3.63) is 0 Å². The summed E-state index contributed by atoms with van der Waals surface area (Å²) in [5, 5.41) is 0.0417. The molecule has 44 valence electrons. The second-order valence-electron chi connectivity index (χ2n) is 1.76. The Morgan fingerprint density at radius 1 is 1.75 bits per heavy atom. The fourth-order valence-corrected chi connectivity index (χ4v) is 0.950. The summed E-state index contributed by atoms with van der Waals surface area (Å²) in [7, 11) is 0. The molecule has 2 atom stereocenters. The highest BCUT2D eigenvalue weighted by Crippen LogP contribution is 2.17. The lowest BCUT2D eigenvalue weighted by Gasteiger charge is -2.01. The highest BCUT2D eigenvalue weighted by Gasteiger charge is 2.23. The molecule has 1 rings (SSSR count).